The van der Waals surface area contributed by atoms with Crippen molar-refractivity contribution >= 4 is 5.65 Å². The number of ether oxygens (including phenoxy) is 3. The van der Waals surface area contributed by atoms with Crippen molar-refractivity contribution < 1.29 is 19.3 Å². The van der Waals surface area contributed by atoms with E-state index >= 15 is 0 Å². The molecule has 0 spiro atoms. The molecular weight excluding hydrogens is 324 g/mol. The van der Waals surface area contributed by atoms with Crippen LogP contribution in [0.1, 0.15) is 5.56 Å². The summed E-state index contributed by atoms with van der Waals surface area (Å²) in [5.41, 5.74) is 1.79. The molecule has 0 fully saturated rings. The Morgan fingerprint density at radius 3 is 3.16 bits per heavy atom. The van der Waals surface area contributed by atoms with Gasteiger partial charge in [-0.2, -0.15) is 5.10 Å². The maximum atomic E-state index is 10.0. The van der Waals surface area contributed by atoms with E-state index in [0.29, 0.717) is 30.3 Å². The SMILES string of the molecule is O[C@@H](CNCc1cnc2ccnn2c1)COc1ccc2c(c1)OCO2. The Morgan fingerprint density at radius 2 is 2.20 bits per heavy atom. The van der Waals surface area contributed by atoms with Gasteiger partial charge in [0.15, 0.2) is 17.1 Å². The van der Waals surface area contributed by atoms with Gasteiger partial charge in [0.25, 0.3) is 0 Å². The molecule has 0 saturated carbocycles. The lowest BCUT2D eigenvalue weighted by molar-refractivity contribution is 0.106. The first-order valence-corrected chi connectivity index (χ1v) is 7.97. The average molecular weight is 342 g/mol. The maximum absolute atomic E-state index is 10.0. The molecule has 8 nitrogen and oxygen atoms in total. The van der Waals surface area contributed by atoms with Gasteiger partial charge in [0, 0.05) is 43.2 Å². The Bertz CT molecular complexity index is 867. The van der Waals surface area contributed by atoms with Crippen molar-refractivity contribution in [2.24, 2.45) is 0 Å². The fourth-order valence-electron chi connectivity index (χ4n) is 2.54. The highest BCUT2D eigenvalue weighted by atomic mass is 16.7. The van der Waals surface area contributed by atoms with Crippen LogP contribution in [0.5, 0.6) is 17.2 Å². The smallest absolute Gasteiger partial charge is 0.231 e. The summed E-state index contributed by atoms with van der Waals surface area (Å²) in [5.74, 6) is 2.00. The van der Waals surface area contributed by atoms with Crippen molar-refractivity contribution in [1.29, 1.82) is 0 Å². The van der Waals surface area contributed by atoms with Crippen LogP contribution < -0.4 is 19.5 Å². The van der Waals surface area contributed by atoms with Crippen LogP contribution in [0.3, 0.4) is 0 Å². The number of hydrogen-bond acceptors (Lipinski definition) is 7. The lowest BCUT2D eigenvalue weighted by Crippen LogP contribution is -2.31. The average Bonchev–Trinajstić information content (AvgIpc) is 3.28. The number of fused-ring (bicyclic) bond motifs is 2. The largest absolute Gasteiger partial charge is 0.491 e. The fraction of sp³-hybridized carbons (Fsp3) is 0.294. The maximum Gasteiger partial charge on any atom is 0.231 e. The van der Waals surface area contributed by atoms with Crippen molar-refractivity contribution in [1.82, 2.24) is 19.9 Å². The standard InChI is InChI=1S/C17H18N4O4/c22-13(10-23-14-1-2-15-16(5-14)25-11-24-15)8-18-6-12-7-19-17-3-4-20-21(17)9-12/h1-5,7,9,13,18,22H,6,8,10-11H2/t13-/m0/s1. The summed E-state index contributed by atoms with van der Waals surface area (Å²) in [7, 11) is 0. The Hall–Kier alpha value is -2.84. The first-order valence-electron chi connectivity index (χ1n) is 7.97. The quantitative estimate of drug-likeness (QED) is 0.662. The van der Waals surface area contributed by atoms with Crippen molar-refractivity contribution in [3.05, 3.63) is 48.4 Å². The second-order valence-corrected chi connectivity index (χ2v) is 5.71. The number of nitrogens with one attached hydrogen (secondary N) is 1. The third kappa shape index (κ3) is 3.65. The molecule has 3 aromatic rings. The molecule has 8 heteroatoms. The van der Waals surface area contributed by atoms with E-state index in [-0.39, 0.29) is 13.4 Å². The lowest BCUT2D eigenvalue weighted by atomic mass is 10.3. The van der Waals surface area contributed by atoms with Crippen LogP contribution in [0, 0.1) is 0 Å². The summed E-state index contributed by atoms with van der Waals surface area (Å²) in [4.78, 5) is 4.29. The predicted molar refractivity (Wildman–Crippen MR) is 88.8 cm³/mol. The van der Waals surface area contributed by atoms with Gasteiger partial charge in [-0.1, -0.05) is 0 Å². The van der Waals surface area contributed by atoms with E-state index in [0.717, 1.165) is 11.2 Å². The molecule has 1 atom stereocenters. The predicted octanol–water partition coefficient (Wildman–Crippen LogP) is 0.987. The molecule has 2 aromatic heterocycles. The van der Waals surface area contributed by atoms with Gasteiger partial charge in [0.2, 0.25) is 6.79 Å². The molecule has 2 N–H and O–H groups in total. The van der Waals surface area contributed by atoms with E-state index in [1.54, 1.807) is 35.1 Å². The third-order valence-electron chi connectivity index (χ3n) is 3.80. The molecule has 130 valence electrons. The van der Waals surface area contributed by atoms with Crippen molar-refractivity contribution in [3.8, 4) is 17.2 Å². The van der Waals surface area contributed by atoms with Crippen molar-refractivity contribution in [2.75, 3.05) is 19.9 Å². The van der Waals surface area contributed by atoms with Crippen LogP contribution in [0.15, 0.2) is 42.9 Å². The highest BCUT2D eigenvalue weighted by Crippen LogP contribution is 2.35. The first kappa shape index (κ1) is 15.7. The molecule has 3 heterocycles. The number of aliphatic hydroxyl groups excluding tert-OH is 1. The Labute approximate surface area is 144 Å². The molecule has 1 aliphatic rings. The zero-order valence-electron chi connectivity index (χ0n) is 13.5. The van der Waals surface area contributed by atoms with E-state index in [9.17, 15) is 5.11 Å². The summed E-state index contributed by atoms with van der Waals surface area (Å²) in [6.45, 7) is 1.40. The van der Waals surface area contributed by atoms with Gasteiger partial charge in [-0.05, 0) is 12.1 Å². The van der Waals surface area contributed by atoms with Crippen LogP contribution >= 0.6 is 0 Å². The molecule has 25 heavy (non-hydrogen) atoms. The lowest BCUT2D eigenvalue weighted by Gasteiger charge is -2.13. The van der Waals surface area contributed by atoms with Gasteiger partial charge < -0.3 is 24.6 Å². The van der Waals surface area contributed by atoms with Gasteiger partial charge in [-0.3, -0.25) is 0 Å². The summed E-state index contributed by atoms with van der Waals surface area (Å²) < 4.78 is 17.9. The summed E-state index contributed by atoms with van der Waals surface area (Å²) in [5, 5.41) is 17.4. The molecule has 0 saturated heterocycles. The number of benzene rings is 1. The minimum absolute atomic E-state index is 0.184. The Balaban J connectivity index is 1.23. The van der Waals surface area contributed by atoms with Crippen LogP contribution in [-0.2, 0) is 6.54 Å². The number of hydrogen-bond donors (Lipinski definition) is 2. The summed E-state index contributed by atoms with van der Waals surface area (Å²) in [6.07, 6.45) is 4.77. The normalized spacial score (nSPS) is 14.0. The third-order valence-corrected chi connectivity index (χ3v) is 3.80. The molecule has 0 unspecified atom stereocenters. The molecular formula is C17H18N4O4. The monoisotopic (exact) mass is 342 g/mol. The minimum Gasteiger partial charge on any atom is -0.491 e. The molecule has 0 bridgehead atoms. The van der Waals surface area contributed by atoms with E-state index in [2.05, 4.69) is 15.4 Å². The van der Waals surface area contributed by atoms with Gasteiger partial charge in [0.1, 0.15) is 18.5 Å². The Morgan fingerprint density at radius 1 is 1.28 bits per heavy atom. The van der Waals surface area contributed by atoms with E-state index < -0.39 is 6.10 Å². The molecule has 4 rings (SSSR count). The molecule has 0 radical (unpaired) electrons. The van der Waals surface area contributed by atoms with E-state index in [1.807, 2.05) is 12.3 Å². The Kier molecular flexibility index (Phi) is 4.36. The molecule has 0 aliphatic carbocycles. The van der Waals surface area contributed by atoms with E-state index in [1.165, 1.54) is 0 Å². The fourth-order valence-corrected chi connectivity index (χ4v) is 2.54. The van der Waals surface area contributed by atoms with Gasteiger partial charge in [-0.25, -0.2) is 9.50 Å². The van der Waals surface area contributed by atoms with Gasteiger partial charge in [0.05, 0.1) is 6.20 Å². The summed E-state index contributed by atoms with van der Waals surface area (Å²) in [6, 6.07) is 7.18. The first-order chi connectivity index (χ1) is 12.3. The second-order valence-electron chi connectivity index (χ2n) is 5.71. The van der Waals surface area contributed by atoms with Gasteiger partial charge in [-0.15, -0.1) is 0 Å². The highest BCUT2D eigenvalue weighted by molar-refractivity contribution is 5.46. The zero-order valence-corrected chi connectivity index (χ0v) is 13.5. The van der Waals surface area contributed by atoms with Crippen molar-refractivity contribution in [2.45, 2.75) is 12.6 Å². The zero-order chi connectivity index (χ0) is 17.1. The number of aliphatic hydroxyl groups is 1. The molecule has 1 aliphatic heterocycles. The number of rotatable bonds is 7. The van der Waals surface area contributed by atoms with E-state index in [4.69, 9.17) is 14.2 Å². The van der Waals surface area contributed by atoms with Crippen LogP contribution in [0.2, 0.25) is 0 Å². The minimum atomic E-state index is -0.633. The van der Waals surface area contributed by atoms with Crippen LogP contribution in [0.25, 0.3) is 5.65 Å². The molecule has 1 aromatic carbocycles. The number of aromatic nitrogens is 3. The van der Waals surface area contributed by atoms with Crippen LogP contribution in [-0.4, -0.2) is 45.8 Å². The number of nitrogens with zero attached hydrogens (tertiary/aromatic N) is 3. The van der Waals surface area contributed by atoms with Crippen molar-refractivity contribution in [3.63, 3.8) is 0 Å². The van der Waals surface area contributed by atoms with Crippen LogP contribution in [0.4, 0.5) is 0 Å². The highest BCUT2D eigenvalue weighted by Gasteiger charge is 2.14. The second kappa shape index (κ2) is 6.96. The van der Waals surface area contributed by atoms with Gasteiger partial charge >= 0.3 is 0 Å². The topological polar surface area (TPSA) is 90.1 Å². The summed E-state index contributed by atoms with van der Waals surface area (Å²) >= 11 is 0. The molecule has 0 amide bonds.